The zero-order valence-electron chi connectivity index (χ0n) is 25.7. The van der Waals surface area contributed by atoms with Gasteiger partial charge in [-0.05, 0) is 107 Å². The zero-order chi connectivity index (χ0) is 31.1. The van der Waals surface area contributed by atoms with Crippen LogP contribution in [-0.2, 0) is 10.3 Å². The van der Waals surface area contributed by atoms with E-state index in [1.807, 2.05) is 30.3 Å². The fourth-order valence-electron chi connectivity index (χ4n) is 5.59. The van der Waals surface area contributed by atoms with Crippen LogP contribution in [0.1, 0.15) is 68.0 Å². The summed E-state index contributed by atoms with van der Waals surface area (Å²) in [5.74, 6) is 6.69. The van der Waals surface area contributed by atoms with Crippen molar-refractivity contribution in [3.05, 3.63) is 130 Å². The van der Waals surface area contributed by atoms with Gasteiger partial charge in [-0.15, -0.1) is 21.1 Å². The van der Waals surface area contributed by atoms with Crippen LogP contribution in [0.2, 0.25) is 5.02 Å². The van der Waals surface area contributed by atoms with E-state index in [4.69, 9.17) is 16.3 Å². The van der Waals surface area contributed by atoms with Crippen molar-refractivity contribution >= 4 is 31.7 Å². The van der Waals surface area contributed by atoms with Gasteiger partial charge in [0.1, 0.15) is 11.4 Å². The molecule has 0 saturated heterocycles. The summed E-state index contributed by atoms with van der Waals surface area (Å²) in [6, 6.07) is 23.2. The highest BCUT2D eigenvalue weighted by Crippen LogP contribution is 2.40. The molecule has 43 heavy (non-hydrogen) atoms. The maximum absolute atomic E-state index is 13.6. The Kier molecular flexibility index (Phi) is 10.9. The highest BCUT2D eigenvalue weighted by atomic mass is 35.5. The lowest BCUT2D eigenvalue weighted by Gasteiger charge is -2.34. The minimum Gasteiger partial charge on any atom is -0.369 e. The van der Waals surface area contributed by atoms with Crippen molar-refractivity contribution in [1.29, 1.82) is 0 Å². The predicted octanol–water partition coefficient (Wildman–Crippen LogP) is 10.0. The van der Waals surface area contributed by atoms with Crippen molar-refractivity contribution in [2.45, 2.75) is 52.6 Å². The molecule has 5 heteroatoms. The number of aromatic nitrogens is 1. The molecule has 1 aromatic heterocycles. The van der Waals surface area contributed by atoms with E-state index in [9.17, 15) is 4.39 Å². The maximum Gasteiger partial charge on any atom is 0.123 e. The molecular formula is C38H40ClFNOP. The molecule has 3 aromatic carbocycles. The van der Waals surface area contributed by atoms with E-state index in [1.165, 1.54) is 12.1 Å². The predicted molar refractivity (Wildman–Crippen MR) is 184 cm³/mol. The van der Waals surface area contributed by atoms with Crippen LogP contribution in [0.4, 0.5) is 4.39 Å². The Hall–Kier alpha value is -3.41. The van der Waals surface area contributed by atoms with Gasteiger partial charge in [0.15, 0.2) is 0 Å². The highest BCUT2D eigenvalue weighted by molar-refractivity contribution is 7.27. The molecule has 222 valence electrons. The van der Waals surface area contributed by atoms with Crippen LogP contribution in [0, 0.1) is 30.5 Å². The van der Waals surface area contributed by atoms with Crippen LogP contribution in [0.3, 0.4) is 0 Å². The Morgan fingerprint density at radius 1 is 1.05 bits per heavy atom. The third kappa shape index (κ3) is 7.22. The van der Waals surface area contributed by atoms with Crippen LogP contribution < -0.4 is 5.30 Å². The van der Waals surface area contributed by atoms with Gasteiger partial charge in [-0.25, -0.2) is 4.39 Å². The van der Waals surface area contributed by atoms with Gasteiger partial charge >= 0.3 is 0 Å². The molecule has 2 unspecified atom stereocenters. The number of rotatable bonds is 10. The van der Waals surface area contributed by atoms with Gasteiger partial charge < -0.3 is 9.72 Å². The summed E-state index contributed by atoms with van der Waals surface area (Å²) in [5, 5.41) is 1.73. The Bertz CT molecular complexity index is 1670. The Morgan fingerprint density at radius 3 is 2.30 bits per heavy atom. The molecule has 4 rings (SSSR count). The first-order chi connectivity index (χ1) is 20.6. The molecule has 0 bridgehead atoms. The molecule has 2 atom stereocenters. The number of halogens is 2. The van der Waals surface area contributed by atoms with Crippen molar-refractivity contribution in [2.75, 3.05) is 7.11 Å². The third-order valence-electron chi connectivity index (χ3n) is 7.83. The number of benzene rings is 3. The quantitative estimate of drug-likeness (QED) is 0.108. The minimum absolute atomic E-state index is 0.252. The summed E-state index contributed by atoms with van der Waals surface area (Å²) >= 11 is 6.27. The van der Waals surface area contributed by atoms with Crippen molar-refractivity contribution in [2.24, 2.45) is 5.92 Å². The summed E-state index contributed by atoms with van der Waals surface area (Å²) in [6.45, 7) is 12.6. The number of methoxy groups -OCH3 is 1. The van der Waals surface area contributed by atoms with Crippen LogP contribution >= 0.6 is 20.8 Å². The second kappa shape index (κ2) is 14.4. The number of ether oxygens (including phenoxy) is 1. The fraction of sp³-hybridized carbons (Fsp3) is 0.263. The molecular weight excluding hydrogens is 572 g/mol. The first kappa shape index (κ1) is 32.5. The lowest BCUT2D eigenvalue weighted by molar-refractivity contribution is 0.0157. The Balaban J connectivity index is 1.85. The summed E-state index contributed by atoms with van der Waals surface area (Å²) in [4.78, 5) is 3.52. The van der Waals surface area contributed by atoms with E-state index >= 15 is 0 Å². The van der Waals surface area contributed by atoms with Gasteiger partial charge in [-0.2, -0.15) is 0 Å². The maximum atomic E-state index is 13.6. The van der Waals surface area contributed by atoms with Crippen molar-refractivity contribution < 1.29 is 9.13 Å². The summed E-state index contributed by atoms with van der Waals surface area (Å²) in [7, 11) is 4.71. The monoisotopic (exact) mass is 611 g/mol. The molecule has 0 aliphatic rings. The lowest BCUT2D eigenvalue weighted by atomic mass is 9.81. The van der Waals surface area contributed by atoms with Gasteiger partial charge in [0.2, 0.25) is 0 Å². The average Bonchev–Trinajstić information content (AvgIpc) is 3.38. The number of allylic oxidation sites excluding steroid dienone is 2. The molecule has 0 aliphatic heterocycles. The Morgan fingerprint density at radius 2 is 1.72 bits per heavy atom. The molecule has 0 fully saturated rings. The van der Waals surface area contributed by atoms with Gasteiger partial charge in [0, 0.05) is 41.4 Å². The smallest absolute Gasteiger partial charge is 0.123 e. The summed E-state index contributed by atoms with van der Waals surface area (Å²) in [6.07, 6.45) is 4.15. The number of aromatic amines is 1. The van der Waals surface area contributed by atoms with Gasteiger partial charge in [0.25, 0.3) is 0 Å². The number of hydrogen-bond donors (Lipinski definition) is 1. The van der Waals surface area contributed by atoms with Crippen LogP contribution in [0.25, 0.3) is 16.8 Å². The minimum atomic E-state index is -0.699. The van der Waals surface area contributed by atoms with E-state index in [-0.39, 0.29) is 5.82 Å². The summed E-state index contributed by atoms with van der Waals surface area (Å²) in [5.41, 5.74) is 8.73. The third-order valence-corrected chi connectivity index (χ3v) is 8.56. The highest BCUT2D eigenvalue weighted by Gasteiger charge is 2.34. The molecule has 1 N–H and O–H groups in total. The average molecular weight is 612 g/mol. The van der Waals surface area contributed by atoms with Crippen LogP contribution in [-0.4, -0.2) is 12.1 Å². The number of H-pyrrole nitrogens is 1. The van der Waals surface area contributed by atoms with Gasteiger partial charge in [0.05, 0.1) is 0 Å². The normalized spacial score (nSPS) is 13.2. The topological polar surface area (TPSA) is 25.0 Å². The molecule has 0 saturated carbocycles. The second-order valence-electron chi connectivity index (χ2n) is 11.0. The number of nitrogens with one attached hydrogen (secondary N) is 1. The van der Waals surface area contributed by atoms with Gasteiger partial charge in [-0.1, -0.05) is 69.3 Å². The fourth-order valence-corrected chi connectivity index (χ4v) is 6.13. The SMILES string of the molecule is C=C/C(CC)=C(/c1ccc(C(CCC#CC(C)C)(OC)c2ccc(Cl)cc2)cc1P)c1cc(-c2ccc(F)cc2)[nH]c1C. The Labute approximate surface area is 263 Å². The molecule has 0 spiro atoms. The van der Waals surface area contributed by atoms with E-state index in [0.29, 0.717) is 23.8 Å². The second-order valence-corrected chi connectivity index (χ2v) is 12.1. The largest absolute Gasteiger partial charge is 0.369 e. The standard InChI is InChI=1S/C38H40ClFNOP/c1-7-27(8-2)37(34-24-35(41-26(34)5)28-12-19-32(40)20-13-28)33-21-16-30(23-36(33)43)38(42-6,22-10-9-11-25(3)4)29-14-17-31(39)18-15-29/h7,12-21,23-25,41H,1,8,10,22,43H2,2-6H3/b37-27+. The van der Waals surface area contributed by atoms with Crippen LogP contribution in [0.5, 0.6) is 0 Å². The molecule has 4 aromatic rings. The molecule has 0 aliphatic carbocycles. The number of hydrogen-bond acceptors (Lipinski definition) is 1. The molecule has 1 heterocycles. The summed E-state index contributed by atoms with van der Waals surface area (Å²) < 4.78 is 20.0. The van der Waals surface area contributed by atoms with E-state index in [1.54, 1.807) is 19.2 Å². The first-order valence-corrected chi connectivity index (χ1v) is 15.6. The zero-order valence-corrected chi connectivity index (χ0v) is 27.6. The van der Waals surface area contributed by atoms with Crippen molar-refractivity contribution in [3.63, 3.8) is 0 Å². The first-order valence-electron chi connectivity index (χ1n) is 14.6. The molecule has 0 amide bonds. The van der Waals surface area contributed by atoms with E-state index < -0.39 is 5.60 Å². The van der Waals surface area contributed by atoms with Crippen molar-refractivity contribution in [1.82, 2.24) is 4.98 Å². The molecule has 2 nitrogen and oxygen atoms in total. The van der Waals surface area contributed by atoms with E-state index in [0.717, 1.165) is 62.1 Å². The number of aryl methyl sites for hydroxylation is 1. The molecule has 0 radical (unpaired) electrons. The van der Waals surface area contributed by atoms with E-state index in [2.05, 4.69) is 84.6 Å². The van der Waals surface area contributed by atoms with Crippen molar-refractivity contribution in [3.8, 4) is 23.1 Å². The van der Waals surface area contributed by atoms with Gasteiger partial charge in [-0.3, -0.25) is 0 Å². The lowest BCUT2D eigenvalue weighted by Crippen LogP contribution is -2.31. The van der Waals surface area contributed by atoms with Crippen LogP contribution in [0.15, 0.2) is 91.0 Å².